The highest BCUT2D eigenvalue weighted by Crippen LogP contribution is 2.55. The third-order valence-corrected chi connectivity index (χ3v) is 6.18. The fourth-order valence-electron chi connectivity index (χ4n) is 3.92. The number of anilines is 1. The number of methoxy groups -OCH3 is 1. The third kappa shape index (κ3) is 3.82. The van der Waals surface area contributed by atoms with Gasteiger partial charge in [0.1, 0.15) is 16.5 Å². The Morgan fingerprint density at radius 3 is 2.77 bits per heavy atom. The maximum Gasteiger partial charge on any atom is 0.229 e. The van der Waals surface area contributed by atoms with Crippen LogP contribution in [0.3, 0.4) is 0 Å². The third-order valence-electron chi connectivity index (χ3n) is 5.28. The van der Waals surface area contributed by atoms with Gasteiger partial charge in [0.25, 0.3) is 0 Å². The molecule has 1 aromatic heterocycles. The minimum atomic E-state index is 0.122. The Morgan fingerprint density at radius 2 is 2.00 bits per heavy atom. The second kappa shape index (κ2) is 7.61. The van der Waals surface area contributed by atoms with Crippen molar-refractivity contribution in [3.05, 3.63) is 29.3 Å². The Balaban J connectivity index is 1.25. The van der Waals surface area contributed by atoms with Gasteiger partial charge < -0.3 is 14.8 Å². The first kappa shape index (κ1) is 17.3. The molecule has 2 atom stereocenters. The molecule has 138 valence electrons. The van der Waals surface area contributed by atoms with Crippen molar-refractivity contribution in [3.8, 4) is 11.5 Å². The lowest BCUT2D eigenvalue weighted by Crippen LogP contribution is -2.15. The highest BCUT2D eigenvalue weighted by Gasteiger charge is 2.54. The van der Waals surface area contributed by atoms with Gasteiger partial charge in [-0.3, -0.25) is 4.79 Å². The van der Waals surface area contributed by atoms with Crippen LogP contribution in [0.5, 0.6) is 11.5 Å². The van der Waals surface area contributed by atoms with Crippen molar-refractivity contribution in [1.82, 2.24) is 10.2 Å². The zero-order valence-electron chi connectivity index (χ0n) is 14.8. The fourth-order valence-corrected chi connectivity index (χ4v) is 4.65. The van der Waals surface area contributed by atoms with Crippen LogP contribution < -0.4 is 14.8 Å². The molecule has 0 unspecified atom stereocenters. The van der Waals surface area contributed by atoms with Gasteiger partial charge >= 0.3 is 0 Å². The molecule has 1 heterocycles. The number of aromatic nitrogens is 2. The molecule has 1 N–H and O–H groups in total. The van der Waals surface area contributed by atoms with Crippen LogP contribution in [0.25, 0.3) is 0 Å². The average Bonchev–Trinajstić information content (AvgIpc) is 3.25. The second-order valence-corrected chi connectivity index (χ2v) is 7.97. The summed E-state index contributed by atoms with van der Waals surface area (Å²) in [6.45, 7) is 0.503. The number of nitrogens with zero attached hydrogens (tertiary/aromatic N) is 2. The van der Waals surface area contributed by atoms with Crippen molar-refractivity contribution >= 4 is 22.4 Å². The number of nitrogens with one attached hydrogen (secondary N) is 1. The Kier molecular flexibility index (Phi) is 5.06. The molecule has 1 aromatic carbocycles. The molecule has 7 heteroatoms. The number of hydrogen-bond acceptors (Lipinski definition) is 6. The molecule has 2 fully saturated rings. The average molecular weight is 373 g/mol. The molecule has 2 aliphatic rings. The van der Waals surface area contributed by atoms with Gasteiger partial charge in [-0.1, -0.05) is 30.2 Å². The molecule has 2 saturated carbocycles. The number of carbonyl (C=O) groups is 1. The van der Waals surface area contributed by atoms with Crippen LogP contribution in [-0.2, 0) is 11.2 Å². The number of amides is 1. The molecule has 1 amide bonds. The largest absolute Gasteiger partial charge is 0.497 e. The van der Waals surface area contributed by atoms with Gasteiger partial charge in [-0.2, -0.15) is 0 Å². The van der Waals surface area contributed by atoms with E-state index in [1.807, 2.05) is 24.3 Å². The lowest BCUT2D eigenvalue weighted by Gasteiger charge is -2.06. The van der Waals surface area contributed by atoms with E-state index in [-0.39, 0.29) is 11.8 Å². The van der Waals surface area contributed by atoms with E-state index in [1.54, 1.807) is 7.11 Å². The van der Waals surface area contributed by atoms with Crippen LogP contribution in [0.4, 0.5) is 5.13 Å². The normalized spacial score (nSPS) is 23.8. The first-order chi connectivity index (χ1) is 12.7. The van der Waals surface area contributed by atoms with Crippen molar-refractivity contribution in [2.75, 3.05) is 19.0 Å². The van der Waals surface area contributed by atoms with Gasteiger partial charge in [0.05, 0.1) is 13.7 Å². The second-order valence-electron chi connectivity index (χ2n) is 6.91. The molecule has 0 aliphatic heterocycles. The highest BCUT2D eigenvalue weighted by molar-refractivity contribution is 7.15. The summed E-state index contributed by atoms with van der Waals surface area (Å²) in [5.74, 6) is 3.06. The summed E-state index contributed by atoms with van der Waals surface area (Å²) < 4.78 is 10.9. The van der Waals surface area contributed by atoms with Crippen molar-refractivity contribution in [1.29, 1.82) is 0 Å². The molecular weight excluding hydrogens is 350 g/mol. The number of hydrogen-bond donors (Lipinski definition) is 1. The Labute approximate surface area is 156 Å². The molecule has 0 saturated heterocycles. The van der Waals surface area contributed by atoms with Crippen LogP contribution in [0.1, 0.15) is 30.7 Å². The predicted molar refractivity (Wildman–Crippen MR) is 99.7 cm³/mol. The molecule has 0 radical (unpaired) electrons. The van der Waals surface area contributed by atoms with E-state index >= 15 is 0 Å². The number of fused-ring (bicyclic) bond motifs is 1. The van der Waals surface area contributed by atoms with E-state index in [0.717, 1.165) is 16.5 Å². The summed E-state index contributed by atoms with van der Waals surface area (Å²) in [5, 5.41) is 12.7. The van der Waals surface area contributed by atoms with E-state index < -0.39 is 0 Å². The minimum Gasteiger partial charge on any atom is -0.497 e. The minimum absolute atomic E-state index is 0.122. The Bertz CT molecular complexity index is 767. The van der Waals surface area contributed by atoms with E-state index in [4.69, 9.17) is 9.47 Å². The fraction of sp³-hybridized carbons (Fsp3) is 0.526. The molecule has 0 spiro atoms. The number of ether oxygens (including phenoxy) is 2. The summed E-state index contributed by atoms with van der Waals surface area (Å²) in [5.41, 5.74) is 0. The molecule has 0 bridgehead atoms. The van der Waals surface area contributed by atoms with E-state index in [1.165, 1.54) is 37.0 Å². The maximum atomic E-state index is 12.4. The van der Waals surface area contributed by atoms with E-state index in [2.05, 4.69) is 15.5 Å². The summed E-state index contributed by atoms with van der Waals surface area (Å²) in [7, 11) is 1.63. The number of carbonyl (C=O) groups excluding carboxylic acids is 1. The molecule has 6 nitrogen and oxygen atoms in total. The lowest BCUT2D eigenvalue weighted by molar-refractivity contribution is -0.117. The predicted octanol–water partition coefficient (Wildman–Crippen LogP) is 3.54. The Morgan fingerprint density at radius 1 is 1.23 bits per heavy atom. The van der Waals surface area contributed by atoms with E-state index in [0.29, 0.717) is 30.0 Å². The maximum absolute atomic E-state index is 12.4. The lowest BCUT2D eigenvalue weighted by atomic mass is 10.0. The summed E-state index contributed by atoms with van der Waals surface area (Å²) in [6.07, 6.45) is 5.58. The first-order valence-electron chi connectivity index (χ1n) is 9.14. The Hall–Kier alpha value is -2.15. The van der Waals surface area contributed by atoms with Crippen molar-refractivity contribution < 1.29 is 14.3 Å². The zero-order chi connectivity index (χ0) is 17.9. The summed E-state index contributed by atoms with van der Waals surface area (Å²) >= 11 is 1.42. The van der Waals surface area contributed by atoms with Gasteiger partial charge in [0, 0.05) is 18.4 Å². The molecule has 2 aliphatic carbocycles. The van der Waals surface area contributed by atoms with Crippen LogP contribution in [0.15, 0.2) is 24.3 Å². The van der Waals surface area contributed by atoms with Gasteiger partial charge in [-0.25, -0.2) is 0 Å². The van der Waals surface area contributed by atoms with E-state index in [9.17, 15) is 4.79 Å². The number of rotatable bonds is 7. The zero-order valence-corrected chi connectivity index (χ0v) is 15.6. The van der Waals surface area contributed by atoms with Crippen LogP contribution in [0.2, 0.25) is 0 Å². The molecule has 2 aromatic rings. The standard InChI is InChI=1S/C19H23N3O3S/c1-24-12-5-4-6-13(11-12)25-10-9-16-21-22-19(26-16)20-18(23)17-14-7-2-3-8-15(14)17/h4-6,11,14-15,17H,2-3,7-10H2,1H3,(H,20,22,23)/t14-,15-/m1/s1. The molecule has 4 rings (SSSR count). The van der Waals surface area contributed by atoms with Crippen LogP contribution in [0, 0.1) is 17.8 Å². The van der Waals surface area contributed by atoms with Gasteiger partial charge in [-0.15, -0.1) is 10.2 Å². The summed E-state index contributed by atoms with van der Waals surface area (Å²) in [6, 6.07) is 7.51. The SMILES string of the molecule is COc1cccc(OCCc2nnc(NC(=O)C3[C@@H]4CCCC[C@@H]34)s2)c1. The quantitative estimate of drug-likeness (QED) is 0.803. The summed E-state index contributed by atoms with van der Waals surface area (Å²) in [4.78, 5) is 12.4. The van der Waals surface area contributed by atoms with Crippen LogP contribution >= 0.6 is 11.3 Å². The van der Waals surface area contributed by atoms with Gasteiger partial charge in [-0.05, 0) is 36.8 Å². The van der Waals surface area contributed by atoms with Crippen molar-refractivity contribution in [3.63, 3.8) is 0 Å². The smallest absolute Gasteiger partial charge is 0.229 e. The van der Waals surface area contributed by atoms with Gasteiger partial charge in [0.2, 0.25) is 11.0 Å². The first-order valence-corrected chi connectivity index (χ1v) is 9.96. The highest BCUT2D eigenvalue weighted by atomic mass is 32.1. The molecular formula is C19H23N3O3S. The van der Waals surface area contributed by atoms with Crippen molar-refractivity contribution in [2.45, 2.75) is 32.1 Å². The topological polar surface area (TPSA) is 73.3 Å². The monoisotopic (exact) mass is 373 g/mol. The van der Waals surface area contributed by atoms with Gasteiger partial charge in [0.15, 0.2) is 0 Å². The molecule has 26 heavy (non-hydrogen) atoms. The van der Waals surface area contributed by atoms with Crippen molar-refractivity contribution in [2.24, 2.45) is 17.8 Å². The van der Waals surface area contributed by atoms with Crippen LogP contribution in [-0.4, -0.2) is 29.8 Å². The number of benzene rings is 1.